The number of anilines is 1. The summed E-state index contributed by atoms with van der Waals surface area (Å²) in [6.45, 7) is 0.137. The number of hydrogen-bond acceptors (Lipinski definition) is 5. The number of carbonyl (C=O) groups excluding carboxylic acids is 1. The number of halogens is 3. The smallest absolute Gasteiger partial charge is 0.279 e. The first-order valence-corrected chi connectivity index (χ1v) is 11.2. The van der Waals surface area contributed by atoms with Crippen LogP contribution in [0.1, 0.15) is 21.5 Å². The van der Waals surface area contributed by atoms with Gasteiger partial charge in [-0.15, -0.1) is 11.8 Å². The third-order valence-electron chi connectivity index (χ3n) is 4.56. The van der Waals surface area contributed by atoms with E-state index < -0.39 is 17.6 Å². The quantitative estimate of drug-likeness (QED) is 0.330. The van der Waals surface area contributed by atoms with E-state index in [-0.39, 0.29) is 12.1 Å². The topological polar surface area (TPSA) is 46.1 Å². The Labute approximate surface area is 184 Å². The molecule has 0 bridgehead atoms. The predicted octanol–water partition coefficient (Wildman–Crippen LogP) is 6.28. The maximum atomic E-state index is 13.3. The molecule has 0 N–H and O–H groups in total. The van der Waals surface area contributed by atoms with Gasteiger partial charge in [-0.1, -0.05) is 23.5 Å². The van der Waals surface area contributed by atoms with E-state index >= 15 is 0 Å². The van der Waals surface area contributed by atoms with Crippen LogP contribution in [0.25, 0.3) is 10.2 Å². The molecule has 0 saturated heterocycles. The van der Waals surface area contributed by atoms with Gasteiger partial charge in [0.1, 0.15) is 0 Å². The summed E-state index contributed by atoms with van der Waals surface area (Å²) >= 11 is 2.92. The molecule has 31 heavy (non-hydrogen) atoms. The lowest BCUT2D eigenvalue weighted by molar-refractivity contribution is -0.137. The molecule has 0 saturated carbocycles. The first-order valence-electron chi connectivity index (χ1n) is 9.18. The maximum absolute atomic E-state index is 13.3. The van der Waals surface area contributed by atoms with Crippen LogP contribution in [0.2, 0.25) is 0 Å². The number of thiazole rings is 1. The van der Waals surface area contributed by atoms with Crippen LogP contribution >= 0.6 is 23.1 Å². The summed E-state index contributed by atoms with van der Waals surface area (Å²) in [5.41, 5.74) is 0.550. The van der Waals surface area contributed by atoms with Crippen molar-refractivity contribution in [3.05, 3.63) is 83.7 Å². The van der Waals surface area contributed by atoms with E-state index in [4.69, 9.17) is 0 Å². The largest absolute Gasteiger partial charge is 0.416 e. The van der Waals surface area contributed by atoms with Gasteiger partial charge in [0.15, 0.2) is 5.13 Å². The molecule has 0 spiro atoms. The van der Waals surface area contributed by atoms with Crippen molar-refractivity contribution in [2.45, 2.75) is 17.6 Å². The van der Waals surface area contributed by atoms with Crippen molar-refractivity contribution >= 4 is 44.4 Å². The van der Waals surface area contributed by atoms with Crippen molar-refractivity contribution in [2.24, 2.45) is 0 Å². The van der Waals surface area contributed by atoms with Crippen molar-refractivity contribution in [1.82, 2.24) is 9.97 Å². The van der Waals surface area contributed by atoms with Gasteiger partial charge in [0.05, 0.1) is 22.3 Å². The van der Waals surface area contributed by atoms with E-state index in [1.165, 1.54) is 28.4 Å². The van der Waals surface area contributed by atoms with E-state index in [9.17, 15) is 18.0 Å². The van der Waals surface area contributed by atoms with Crippen LogP contribution in [-0.2, 0) is 12.7 Å². The summed E-state index contributed by atoms with van der Waals surface area (Å²) in [5, 5.41) is 0.416. The highest BCUT2D eigenvalue weighted by Crippen LogP contribution is 2.34. The van der Waals surface area contributed by atoms with Gasteiger partial charge in [-0.05, 0) is 54.3 Å². The van der Waals surface area contributed by atoms with Crippen molar-refractivity contribution in [1.29, 1.82) is 0 Å². The first-order chi connectivity index (χ1) is 14.8. The molecule has 2 heterocycles. The molecule has 4 nitrogen and oxygen atoms in total. The lowest BCUT2D eigenvalue weighted by Crippen LogP contribution is -2.30. The number of fused-ring (bicyclic) bond motifs is 1. The van der Waals surface area contributed by atoms with Crippen LogP contribution in [0, 0.1) is 0 Å². The monoisotopic (exact) mass is 459 g/mol. The molecule has 0 unspecified atom stereocenters. The molecule has 0 aliphatic rings. The minimum absolute atomic E-state index is 0.0530. The van der Waals surface area contributed by atoms with Crippen LogP contribution in [0.15, 0.2) is 71.9 Å². The number of carbonyl (C=O) groups is 1. The Morgan fingerprint density at radius 3 is 2.68 bits per heavy atom. The zero-order valence-electron chi connectivity index (χ0n) is 16.3. The molecule has 1 amide bonds. The zero-order chi connectivity index (χ0) is 22.0. The minimum atomic E-state index is -4.53. The van der Waals surface area contributed by atoms with Crippen LogP contribution < -0.4 is 4.90 Å². The second kappa shape index (κ2) is 8.68. The number of benzene rings is 2. The highest BCUT2D eigenvalue weighted by molar-refractivity contribution is 7.98. The minimum Gasteiger partial charge on any atom is -0.279 e. The van der Waals surface area contributed by atoms with E-state index in [2.05, 4.69) is 9.97 Å². The van der Waals surface area contributed by atoms with E-state index in [1.807, 2.05) is 24.5 Å². The van der Waals surface area contributed by atoms with Crippen molar-refractivity contribution < 1.29 is 18.0 Å². The molecule has 9 heteroatoms. The molecule has 4 rings (SSSR count). The van der Waals surface area contributed by atoms with Gasteiger partial charge in [0, 0.05) is 22.9 Å². The molecule has 4 aromatic rings. The normalized spacial score (nSPS) is 11.6. The molecule has 158 valence electrons. The molecular weight excluding hydrogens is 443 g/mol. The summed E-state index contributed by atoms with van der Waals surface area (Å²) in [6, 6.07) is 13.8. The number of rotatable bonds is 5. The number of hydrogen-bond donors (Lipinski definition) is 0. The van der Waals surface area contributed by atoms with Crippen molar-refractivity contribution in [2.75, 3.05) is 11.2 Å². The third kappa shape index (κ3) is 4.72. The molecule has 0 atom stereocenters. The van der Waals surface area contributed by atoms with Gasteiger partial charge in [-0.25, -0.2) is 4.98 Å². The van der Waals surface area contributed by atoms with Crippen molar-refractivity contribution in [3.8, 4) is 0 Å². The lowest BCUT2D eigenvalue weighted by atomic mass is 10.1. The Morgan fingerprint density at radius 2 is 1.97 bits per heavy atom. The Morgan fingerprint density at radius 1 is 1.13 bits per heavy atom. The number of alkyl halides is 3. The van der Waals surface area contributed by atoms with Gasteiger partial charge in [-0.2, -0.15) is 13.2 Å². The Balaban J connectivity index is 1.77. The van der Waals surface area contributed by atoms with Gasteiger partial charge < -0.3 is 0 Å². The number of amides is 1. The maximum Gasteiger partial charge on any atom is 0.416 e. The van der Waals surface area contributed by atoms with Crippen LogP contribution in [0.5, 0.6) is 0 Å². The average molecular weight is 460 g/mol. The fourth-order valence-electron chi connectivity index (χ4n) is 3.02. The van der Waals surface area contributed by atoms with Gasteiger partial charge >= 0.3 is 6.18 Å². The summed E-state index contributed by atoms with van der Waals surface area (Å²) < 4.78 is 40.4. The molecule has 0 fully saturated rings. The Bertz CT molecular complexity index is 1230. The zero-order valence-corrected chi connectivity index (χ0v) is 17.9. The lowest BCUT2D eigenvalue weighted by Gasteiger charge is -2.20. The summed E-state index contributed by atoms with van der Waals surface area (Å²) in [4.78, 5) is 24.4. The molecule has 2 aromatic heterocycles. The highest BCUT2D eigenvalue weighted by atomic mass is 32.2. The van der Waals surface area contributed by atoms with Gasteiger partial charge in [0.25, 0.3) is 5.91 Å². The van der Waals surface area contributed by atoms with E-state index in [1.54, 1.807) is 36.3 Å². The Kier molecular flexibility index (Phi) is 5.97. The van der Waals surface area contributed by atoms with Gasteiger partial charge in [0.2, 0.25) is 0 Å². The van der Waals surface area contributed by atoms with Crippen LogP contribution in [-0.4, -0.2) is 22.1 Å². The summed E-state index contributed by atoms with van der Waals surface area (Å²) in [7, 11) is 0. The van der Waals surface area contributed by atoms with E-state index in [0.29, 0.717) is 5.13 Å². The Hall–Kier alpha value is -2.91. The molecule has 2 aromatic carbocycles. The first kappa shape index (κ1) is 21.3. The number of nitrogens with zero attached hydrogens (tertiary/aromatic N) is 3. The molecule has 0 aliphatic heterocycles. The van der Waals surface area contributed by atoms with Crippen LogP contribution in [0.3, 0.4) is 0 Å². The standard InChI is InChI=1S/C22H16F3N3OS2/c1-30-17-7-8-18-19(11-17)31-21(27-18)28(13-14-4-3-9-26-12-14)20(29)15-5-2-6-16(10-15)22(23,24)25/h2-12H,13H2,1H3. The number of thioether (sulfide) groups is 1. The summed E-state index contributed by atoms with van der Waals surface area (Å²) in [6.07, 6.45) is 0.666. The average Bonchev–Trinajstić information content (AvgIpc) is 3.20. The molecule has 0 aliphatic carbocycles. The van der Waals surface area contributed by atoms with E-state index in [0.717, 1.165) is 32.8 Å². The third-order valence-corrected chi connectivity index (χ3v) is 6.33. The number of aromatic nitrogens is 2. The second-order valence-electron chi connectivity index (χ2n) is 6.66. The SMILES string of the molecule is CSc1ccc2nc(N(Cc3cccnc3)C(=O)c3cccc(C(F)(F)F)c3)sc2c1. The highest BCUT2D eigenvalue weighted by Gasteiger charge is 2.32. The fourth-order valence-corrected chi connectivity index (χ4v) is 4.54. The molecule has 0 radical (unpaired) electrons. The summed E-state index contributed by atoms with van der Waals surface area (Å²) in [5.74, 6) is -0.556. The fraction of sp³-hybridized carbons (Fsp3) is 0.136. The molecular formula is C22H16F3N3OS2. The predicted molar refractivity (Wildman–Crippen MR) is 118 cm³/mol. The van der Waals surface area contributed by atoms with Crippen molar-refractivity contribution in [3.63, 3.8) is 0 Å². The van der Waals surface area contributed by atoms with Crippen LogP contribution in [0.4, 0.5) is 18.3 Å². The number of pyridine rings is 1. The van der Waals surface area contributed by atoms with Gasteiger partial charge in [-0.3, -0.25) is 14.7 Å². The second-order valence-corrected chi connectivity index (χ2v) is 8.55.